The third-order valence-electron chi connectivity index (χ3n) is 4.41. The van der Waals surface area contributed by atoms with E-state index in [1.54, 1.807) is 48.5 Å². The maximum absolute atomic E-state index is 13.9. The van der Waals surface area contributed by atoms with Crippen molar-refractivity contribution in [3.8, 4) is 11.3 Å². The monoisotopic (exact) mass is 435 g/mol. The fourth-order valence-corrected chi connectivity index (χ4v) is 3.55. The summed E-state index contributed by atoms with van der Waals surface area (Å²) in [6.07, 6.45) is 1.86. The summed E-state index contributed by atoms with van der Waals surface area (Å²) in [6, 6.07) is 16.7. The second-order valence-electron chi connectivity index (χ2n) is 6.66. The fraction of sp³-hybridized carbons (Fsp3) is 0.0870. The van der Waals surface area contributed by atoms with Gasteiger partial charge in [0, 0.05) is 24.2 Å². The van der Waals surface area contributed by atoms with E-state index in [9.17, 15) is 14.0 Å². The predicted octanol–water partition coefficient (Wildman–Crippen LogP) is 5.37. The van der Waals surface area contributed by atoms with Crippen molar-refractivity contribution in [2.75, 3.05) is 10.6 Å². The number of carbonyl (C=O) groups excluding carboxylic acids is 2. The summed E-state index contributed by atoms with van der Waals surface area (Å²) < 4.78 is 19.4. The number of oxazole rings is 1. The quantitative estimate of drug-likeness (QED) is 0.409. The van der Waals surface area contributed by atoms with Gasteiger partial charge >= 0.3 is 0 Å². The summed E-state index contributed by atoms with van der Waals surface area (Å²) in [6.45, 7) is 0. The van der Waals surface area contributed by atoms with Crippen LogP contribution < -0.4 is 10.6 Å². The number of halogens is 1. The zero-order valence-corrected chi connectivity index (χ0v) is 17.1. The molecule has 0 spiro atoms. The third-order valence-corrected chi connectivity index (χ3v) is 5.28. The highest BCUT2D eigenvalue weighted by Crippen LogP contribution is 2.24. The number of thiophene rings is 1. The second-order valence-corrected chi connectivity index (χ2v) is 7.61. The Morgan fingerprint density at radius 1 is 1.00 bits per heavy atom. The molecule has 0 saturated heterocycles. The van der Waals surface area contributed by atoms with Gasteiger partial charge in [-0.25, -0.2) is 9.37 Å². The largest absolute Gasteiger partial charge is 0.441 e. The van der Waals surface area contributed by atoms with Crippen molar-refractivity contribution >= 4 is 34.5 Å². The number of rotatable bonds is 7. The molecule has 4 rings (SSSR count). The highest BCUT2D eigenvalue weighted by atomic mass is 32.1. The molecule has 2 aromatic carbocycles. The van der Waals surface area contributed by atoms with Crippen LogP contribution in [0.25, 0.3) is 11.3 Å². The van der Waals surface area contributed by atoms with Crippen molar-refractivity contribution in [2.24, 2.45) is 0 Å². The van der Waals surface area contributed by atoms with Gasteiger partial charge in [-0.1, -0.05) is 24.3 Å². The summed E-state index contributed by atoms with van der Waals surface area (Å²) >= 11 is 1.35. The van der Waals surface area contributed by atoms with Gasteiger partial charge in [0.05, 0.1) is 16.6 Å². The van der Waals surface area contributed by atoms with Crippen molar-refractivity contribution < 1.29 is 18.4 Å². The first-order valence-electron chi connectivity index (χ1n) is 9.53. The van der Waals surface area contributed by atoms with Gasteiger partial charge in [0.2, 0.25) is 5.91 Å². The van der Waals surface area contributed by atoms with Crippen LogP contribution in [-0.2, 0) is 11.2 Å². The minimum atomic E-state index is -0.394. The second kappa shape index (κ2) is 9.36. The Labute approximate surface area is 181 Å². The number of benzene rings is 2. The van der Waals surface area contributed by atoms with E-state index in [-0.39, 0.29) is 24.7 Å². The molecule has 6 nitrogen and oxygen atoms in total. The molecular weight excluding hydrogens is 417 g/mol. The van der Waals surface area contributed by atoms with Crippen LogP contribution in [0.1, 0.15) is 22.0 Å². The molecule has 0 saturated carbocycles. The van der Waals surface area contributed by atoms with Crippen LogP contribution in [0.3, 0.4) is 0 Å². The molecule has 2 heterocycles. The Morgan fingerprint density at radius 3 is 2.58 bits per heavy atom. The molecule has 2 amide bonds. The van der Waals surface area contributed by atoms with E-state index >= 15 is 0 Å². The number of carbonyl (C=O) groups is 2. The van der Waals surface area contributed by atoms with Gasteiger partial charge in [0.15, 0.2) is 11.7 Å². The molecule has 2 N–H and O–H groups in total. The van der Waals surface area contributed by atoms with E-state index in [4.69, 9.17) is 4.42 Å². The van der Waals surface area contributed by atoms with E-state index < -0.39 is 5.82 Å². The van der Waals surface area contributed by atoms with Crippen LogP contribution in [0, 0.1) is 5.82 Å². The Morgan fingerprint density at radius 2 is 1.81 bits per heavy atom. The van der Waals surface area contributed by atoms with E-state index in [1.165, 1.54) is 23.6 Å². The summed E-state index contributed by atoms with van der Waals surface area (Å²) in [4.78, 5) is 29.2. The van der Waals surface area contributed by atoms with Crippen LogP contribution in [0.2, 0.25) is 0 Å². The van der Waals surface area contributed by atoms with E-state index in [1.807, 2.05) is 11.4 Å². The first kappa shape index (κ1) is 20.5. The smallest absolute Gasteiger partial charge is 0.265 e. The number of aromatic nitrogens is 1. The lowest BCUT2D eigenvalue weighted by molar-refractivity contribution is -0.116. The van der Waals surface area contributed by atoms with Gasteiger partial charge < -0.3 is 15.1 Å². The third kappa shape index (κ3) is 5.23. The molecule has 0 bridgehead atoms. The van der Waals surface area contributed by atoms with Crippen LogP contribution in [0.4, 0.5) is 15.8 Å². The van der Waals surface area contributed by atoms with Crippen LogP contribution >= 0.6 is 11.3 Å². The van der Waals surface area contributed by atoms with Gasteiger partial charge in [-0.15, -0.1) is 11.3 Å². The maximum Gasteiger partial charge on any atom is 0.265 e. The van der Waals surface area contributed by atoms with E-state index in [0.29, 0.717) is 33.5 Å². The molecular formula is C23H18FN3O3S. The highest BCUT2D eigenvalue weighted by Gasteiger charge is 2.12. The first-order chi connectivity index (χ1) is 15.1. The van der Waals surface area contributed by atoms with Crippen LogP contribution in [-0.4, -0.2) is 16.8 Å². The van der Waals surface area contributed by atoms with E-state index in [2.05, 4.69) is 15.6 Å². The fourth-order valence-electron chi connectivity index (χ4n) is 2.93. The van der Waals surface area contributed by atoms with Gasteiger partial charge in [0.25, 0.3) is 5.91 Å². The van der Waals surface area contributed by atoms with Crippen molar-refractivity contribution in [3.05, 3.63) is 88.8 Å². The molecule has 0 aliphatic rings. The van der Waals surface area contributed by atoms with Gasteiger partial charge in [-0.2, -0.15) is 0 Å². The molecule has 0 radical (unpaired) electrons. The summed E-state index contributed by atoms with van der Waals surface area (Å²) in [5.74, 6) is -0.151. The summed E-state index contributed by atoms with van der Waals surface area (Å²) in [5, 5.41) is 7.43. The molecule has 0 aliphatic carbocycles. The lowest BCUT2D eigenvalue weighted by atomic mass is 10.2. The minimum absolute atomic E-state index is 0.142. The molecule has 0 aliphatic heterocycles. The van der Waals surface area contributed by atoms with Crippen molar-refractivity contribution in [3.63, 3.8) is 0 Å². The van der Waals surface area contributed by atoms with E-state index in [0.717, 1.165) is 0 Å². The Bertz CT molecular complexity index is 1200. The topological polar surface area (TPSA) is 84.2 Å². The molecule has 8 heteroatoms. The van der Waals surface area contributed by atoms with Crippen LogP contribution in [0.5, 0.6) is 0 Å². The average molecular weight is 435 g/mol. The number of hydrogen-bond donors (Lipinski definition) is 2. The first-order valence-corrected chi connectivity index (χ1v) is 10.4. The Balaban J connectivity index is 1.32. The predicted molar refractivity (Wildman–Crippen MR) is 118 cm³/mol. The SMILES string of the molecule is O=C(CCc1ncc(-c2ccccc2F)o1)Nc1cccc(NC(=O)c2cccs2)c1. The summed E-state index contributed by atoms with van der Waals surface area (Å²) in [5.41, 5.74) is 1.47. The highest BCUT2D eigenvalue weighted by molar-refractivity contribution is 7.12. The number of amides is 2. The van der Waals surface area contributed by atoms with Gasteiger partial charge in [0.1, 0.15) is 5.82 Å². The minimum Gasteiger partial charge on any atom is -0.441 e. The Kier molecular flexibility index (Phi) is 6.18. The van der Waals surface area contributed by atoms with Gasteiger partial charge in [-0.3, -0.25) is 9.59 Å². The average Bonchev–Trinajstić information content (AvgIpc) is 3.45. The molecule has 31 heavy (non-hydrogen) atoms. The van der Waals surface area contributed by atoms with Crippen LogP contribution in [0.15, 0.2) is 76.7 Å². The number of aryl methyl sites for hydroxylation is 1. The summed E-state index contributed by atoms with van der Waals surface area (Å²) in [7, 11) is 0. The Hall–Kier alpha value is -3.78. The zero-order chi connectivity index (χ0) is 21.6. The molecule has 156 valence electrons. The standard InChI is InChI=1S/C23H18FN3O3S/c24-18-8-2-1-7-17(18)19-14-25-22(30-19)11-10-21(28)26-15-5-3-6-16(13-15)27-23(29)20-9-4-12-31-20/h1-9,12-14H,10-11H2,(H,26,28)(H,27,29). The number of nitrogens with one attached hydrogen (secondary N) is 2. The van der Waals surface area contributed by atoms with Crippen molar-refractivity contribution in [1.82, 2.24) is 4.98 Å². The van der Waals surface area contributed by atoms with Crippen molar-refractivity contribution in [1.29, 1.82) is 0 Å². The lowest BCUT2D eigenvalue weighted by Crippen LogP contribution is -2.13. The van der Waals surface area contributed by atoms with Crippen molar-refractivity contribution in [2.45, 2.75) is 12.8 Å². The molecule has 0 unspecified atom stereocenters. The molecule has 0 fully saturated rings. The number of nitrogens with zero attached hydrogens (tertiary/aromatic N) is 1. The molecule has 4 aromatic rings. The number of hydrogen-bond acceptors (Lipinski definition) is 5. The van der Waals surface area contributed by atoms with Gasteiger partial charge in [-0.05, 0) is 41.8 Å². The molecule has 2 aromatic heterocycles. The zero-order valence-electron chi connectivity index (χ0n) is 16.3. The maximum atomic E-state index is 13.9. The lowest BCUT2D eigenvalue weighted by Gasteiger charge is -2.08. The molecule has 0 atom stereocenters. The normalized spacial score (nSPS) is 10.6. The number of anilines is 2.